The summed E-state index contributed by atoms with van der Waals surface area (Å²) in [4.78, 5) is 12.1. The van der Waals surface area contributed by atoms with Gasteiger partial charge in [0.2, 0.25) is 5.88 Å². The zero-order valence-electron chi connectivity index (χ0n) is 11.4. The number of hydrogen-bond acceptors (Lipinski definition) is 3. The van der Waals surface area contributed by atoms with Gasteiger partial charge in [-0.1, -0.05) is 12.1 Å². The minimum Gasteiger partial charge on any atom is -0.478 e. The van der Waals surface area contributed by atoms with Crippen LogP contribution in [0.1, 0.15) is 22.5 Å². The maximum atomic E-state index is 12.9. The van der Waals surface area contributed by atoms with E-state index in [1.807, 2.05) is 0 Å². The van der Waals surface area contributed by atoms with Crippen LogP contribution in [0.3, 0.4) is 0 Å². The van der Waals surface area contributed by atoms with Gasteiger partial charge >= 0.3 is 6.18 Å². The van der Waals surface area contributed by atoms with Crippen LogP contribution in [0.15, 0.2) is 30.3 Å². The van der Waals surface area contributed by atoms with Crippen LogP contribution in [0, 0.1) is 0 Å². The molecule has 1 aromatic carbocycles. The Morgan fingerprint density at radius 2 is 2.09 bits per heavy atom. The van der Waals surface area contributed by atoms with E-state index in [4.69, 9.17) is 4.74 Å². The van der Waals surface area contributed by atoms with Crippen molar-refractivity contribution in [3.63, 3.8) is 0 Å². The van der Waals surface area contributed by atoms with Gasteiger partial charge in [-0.05, 0) is 12.1 Å². The molecule has 0 radical (unpaired) electrons. The summed E-state index contributed by atoms with van der Waals surface area (Å²) in [5.74, 6) is -0.261. The van der Waals surface area contributed by atoms with E-state index in [2.05, 4.69) is 10.4 Å². The molecule has 0 spiro atoms. The normalized spacial score (nSPS) is 14.1. The van der Waals surface area contributed by atoms with Crippen LogP contribution < -0.4 is 10.1 Å². The third kappa shape index (κ3) is 2.76. The predicted molar refractivity (Wildman–Crippen MR) is 71.7 cm³/mol. The number of rotatable bonds is 2. The van der Waals surface area contributed by atoms with Gasteiger partial charge < -0.3 is 10.1 Å². The summed E-state index contributed by atoms with van der Waals surface area (Å²) < 4.78 is 45.5. The first-order valence-corrected chi connectivity index (χ1v) is 6.63. The average molecular weight is 311 g/mol. The first-order valence-electron chi connectivity index (χ1n) is 6.63. The molecule has 0 fully saturated rings. The highest BCUT2D eigenvalue weighted by Gasteiger charge is 2.33. The van der Waals surface area contributed by atoms with Crippen molar-refractivity contribution in [1.82, 2.24) is 9.78 Å². The number of fused-ring (bicyclic) bond motifs is 1. The predicted octanol–water partition coefficient (Wildman–Crippen LogP) is 2.94. The number of alkyl halides is 3. The lowest BCUT2D eigenvalue weighted by atomic mass is 10.1. The molecule has 2 aromatic rings. The number of nitrogens with one attached hydrogen (secondary N) is 1. The number of benzene rings is 1. The highest BCUT2D eigenvalue weighted by molar-refractivity contribution is 6.03. The highest BCUT2D eigenvalue weighted by Crippen LogP contribution is 2.34. The van der Waals surface area contributed by atoms with Crippen molar-refractivity contribution in [3.05, 3.63) is 41.6 Å². The largest absolute Gasteiger partial charge is 0.478 e. The van der Waals surface area contributed by atoms with Crippen molar-refractivity contribution in [2.24, 2.45) is 0 Å². The van der Waals surface area contributed by atoms with E-state index in [1.54, 1.807) is 0 Å². The molecule has 0 unspecified atom stereocenters. The van der Waals surface area contributed by atoms with E-state index >= 15 is 0 Å². The maximum Gasteiger partial charge on any atom is 0.418 e. The molecule has 1 aliphatic heterocycles. The van der Waals surface area contributed by atoms with Crippen molar-refractivity contribution in [1.29, 1.82) is 0 Å². The summed E-state index contributed by atoms with van der Waals surface area (Å²) in [7, 11) is 0. The standard InChI is InChI=1S/C14H12F3N3O2/c15-14(16,17)9-4-1-2-5-10(9)18-13(21)11-8-12-20(19-11)6-3-7-22-12/h1-2,4-5,8H,3,6-7H2,(H,18,21). The fourth-order valence-corrected chi connectivity index (χ4v) is 2.20. The summed E-state index contributed by atoms with van der Waals surface area (Å²) >= 11 is 0. The van der Waals surface area contributed by atoms with Crippen LogP contribution in [-0.2, 0) is 12.7 Å². The van der Waals surface area contributed by atoms with E-state index in [0.717, 1.165) is 12.5 Å². The number of carbonyl (C=O) groups is 1. The lowest BCUT2D eigenvalue weighted by molar-refractivity contribution is -0.136. The Labute approximate surface area is 123 Å². The van der Waals surface area contributed by atoms with Gasteiger partial charge in [0.1, 0.15) is 0 Å². The molecule has 1 aromatic heterocycles. The number of carbonyl (C=O) groups excluding carboxylic acids is 1. The molecule has 0 saturated heterocycles. The van der Waals surface area contributed by atoms with E-state index in [1.165, 1.54) is 28.9 Å². The second-order valence-electron chi connectivity index (χ2n) is 4.79. The fraction of sp³-hybridized carbons (Fsp3) is 0.286. The van der Waals surface area contributed by atoms with Gasteiger partial charge in [-0.3, -0.25) is 4.79 Å². The van der Waals surface area contributed by atoms with Gasteiger partial charge in [-0.25, -0.2) is 4.68 Å². The summed E-state index contributed by atoms with van der Waals surface area (Å²) in [6.07, 6.45) is -3.77. The molecule has 5 nitrogen and oxygen atoms in total. The molecule has 116 valence electrons. The third-order valence-corrected chi connectivity index (χ3v) is 3.22. The number of aryl methyl sites for hydroxylation is 1. The maximum absolute atomic E-state index is 12.9. The van der Waals surface area contributed by atoms with Crippen molar-refractivity contribution in [2.45, 2.75) is 19.1 Å². The van der Waals surface area contributed by atoms with Crippen LogP contribution in [0.2, 0.25) is 0 Å². The molecule has 2 heterocycles. The Kier molecular flexibility index (Phi) is 3.51. The second kappa shape index (κ2) is 5.36. The highest BCUT2D eigenvalue weighted by atomic mass is 19.4. The first kappa shape index (κ1) is 14.4. The number of ether oxygens (including phenoxy) is 1. The van der Waals surface area contributed by atoms with E-state index in [9.17, 15) is 18.0 Å². The van der Waals surface area contributed by atoms with E-state index < -0.39 is 17.6 Å². The summed E-state index contributed by atoms with van der Waals surface area (Å²) in [6, 6.07) is 6.22. The summed E-state index contributed by atoms with van der Waals surface area (Å²) in [6.45, 7) is 1.14. The molecular weight excluding hydrogens is 299 g/mol. The molecular formula is C14H12F3N3O2. The number of anilines is 1. The average Bonchev–Trinajstić information content (AvgIpc) is 2.90. The molecule has 0 saturated carbocycles. The Hall–Kier alpha value is -2.51. The zero-order valence-corrected chi connectivity index (χ0v) is 11.4. The van der Waals surface area contributed by atoms with Crippen molar-refractivity contribution >= 4 is 11.6 Å². The smallest absolute Gasteiger partial charge is 0.418 e. The molecule has 0 aliphatic carbocycles. The van der Waals surface area contributed by atoms with Crippen molar-refractivity contribution in [2.75, 3.05) is 11.9 Å². The van der Waals surface area contributed by atoms with Gasteiger partial charge in [0, 0.05) is 19.0 Å². The number of hydrogen-bond donors (Lipinski definition) is 1. The van der Waals surface area contributed by atoms with Crippen LogP contribution in [0.25, 0.3) is 0 Å². The number of halogens is 3. The fourth-order valence-electron chi connectivity index (χ4n) is 2.20. The molecule has 3 rings (SSSR count). The quantitative estimate of drug-likeness (QED) is 0.928. The minimum absolute atomic E-state index is 0.0221. The van der Waals surface area contributed by atoms with Gasteiger partial charge in [0.15, 0.2) is 5.69 Å². The topological polar surface area (TPSA) is 56.2 Å². The molecule has 1 N–H and O–H groups in total. The third-order valence-electron chi connectivity index (χ3n) is 3.22. The van der Waals surface area contributed by atoms with Gasteiger partial charge in [0.25, 0.3) is 5.91 Å². The SMILES string of the molecule is O=C(Nc1ccccc1C(F)(F)F)c1cc2n(n1)CCCO2. The Morgan fingerprint density at radius 1 is 1.32 bits per heavy atom. The molecule has 0 atom stereocenters. The summed E-state index contributed by atoms with van der Waals surface area (Å²) in [5, 5.41) is 6.29. The second-order valence-corrected chi connectivity index (χ2v) is 4.79. The van der Waals surface area contributed by atoms with E-state index in [-0.39, 0.29) is 11.4 Å². The Bertz CT molecular complexity index is 686. The number of aromatic nitrogens is 2. The zero-order chi connectivity index (χ0) is 15.7. The molecule has 0 bridgehead atoms. The number of nitrogens with zero attached hydrogens (tertiary/aromatic N) is 2. The van der Waals surface area contributed by atoms with Gasteiger partial charge in [-0.15, -0.1) is 0 Å². The lowest BCUT2D eigenvalue weighted by Crippen LogP contribution is -2.18. The Balaban J connectivity index is 1.84. The van der Waals surface area contributed by atoms with Crippen LogP contribution in [0.5, 0.6) is 5.88 Å². The van der Waals surface area contributed by atoms with E-state index in [0.29, 0.717) is 19.0 Å². The number of para-hydroxylation sites is 1. The monoisotopic (exact) mass is 311 g/mol. The molecule has 1 aliphatic rings. The Morgan fingerprint density at radius 3 is 2.82 bits per heavy atom. The van der Waals surface area contributed by atoms with Gasteiger partial charge in [0.05, 0.1) is 17.9 Å². The molecule has 8 heteroatoms. The van der Waals surface area contributed by atoms with Gasteiger partial charge in [-0.2, -0.15) is 18.3 Å². The summed E-state index contributed by atoms with van der Waals surface area (Å²) in [5.41, 5.74) is -1.18. The van der Waals surface area contributed by atoms with Crippen molar-refractivity contribution in [3.8, 4) is 5.88 Å². The lowest BCUT2D eigenvalue weighted by Gasteiger charge is -2.13. The molecule has 22 heavy (non-hydrogen) atoms. The number of amides is 1. The molecule has 1 amide bonds. The van der Waals surface area contributed by atoms with Crippen LogP contribution in [-0.4, -0.2) is 22.3 Å². The van der Waals surface area contributed by atoms with Crippen LogP contribution in [0.4, 0.5) is 18.9 Å². The van der Waals surface area contributed by atoms with Crippen molar-refractivity contribution < 1.29 is 22.7 Å². The van der Waals surface area contributed by atoms with Crippen LogP contribution >= 0.6 is 0 Å². The minimum atomic E-state index is -4.54. The first-order chi connectivity index (χ1) is 10.4.